The van der Waals surface area contributed by atoms with Gasteiger partial charge in [-0.1, -0.05) is 13.0 Å². The first-order valence-corrected chi connectivity index (χ1v) is 6.98. The molecule has 4 nitrogen and oxygen atoms in total. The van der Waals surface area contributed by atoms with Gasteiger partial charge in [0.15, 0.2) is 0 Å². The fourth-order valence-corrected chi connectivity index (χ4v) is 2.17. The first-order chi connectivity index (χ1) is 9.67. The lowest BCUT2D eigenvalue weighted by atomic mass is 10.1. The molecular weight excluding hydrogens is 248 g/mol. The van der Waals surface area contributed by atoms with Crippen molar-refractivity contribution in [3.05, 3.63) is 46.8 Å². The van der Waals surface area contributed by atoms with Crippen LogP contribution in [0.2, 0.25) is 0 Å². The van der Waals surface area contributed by atoms with Crippen LogP contribution in [-0.4, -0.2) is 9.78 Å². The third-order valence-corrected chi connectivity index (χ3v) is 3.40. The van der Waals surface area contributed by atoms with Crippen LogP contribution >= 0.6 is 0 Å². The Labute approximate surface area is 120 Å². The summed E-state index contributed by atoms with van der Waals surface area (Å²) in [5.41, 5.74) is 5.11. The highest BCUT2D eigenvalue weighted by Gasteiger charge is 2.06. The molecule has 0 amide bonds. The summed E-state index contributed by atoms with van der Waals surface area (Å²) in [6, 6.07) is 10.0. The van der Waals surface area contributed by atoms with Crippen molar-refractivity contribution < 1.29 is 0 Å². The van der Waals surface area contributed by atoms with E-state index >= 15 is 0 Å². The molecule has 0 bridgehead atoms. The van der Waals surface area contributed by atoms with Crippen molar-refractivity contribution in [3.8, 4) is 6.07 Å². The van der Waals surface area contributed by atoms with Gasteiger partial charge in [0.25, 0.3) is 0 Å². The van der Waals surface area contributed by atoms with Crippen LogP contribution in [0.4, 0.5) is 5.69 Å². The summed E-state index contributed by atoms with van der Waals surface area (Å²) in [7, 11) is 0. The van der Waals surface area contributed by atoms with Crippen LogP contribution in [0.3, 0.4) is 0 Å². The number of hydrogen-bond acceptors (Lipinski definition) is 3. The summed E-state index contributed by atoms with van der Waals surface area (Å²) < 4.78 is 2.02. The van der Waals surface area contributed by atoms with Gasteiger partial charge in [-0.25, -0.2) is 0 Å². The minimum atomic E-state index is 0.677. The molecule has 0 unspecified atom stereocenters. The van der Waals surface area contributed by atoms with Crippen molar-refractivity contribution in [1.29, 1.82) is 5.26 Å². The Hall–Kier alpha value is -2.28. The Kier molecular flexibility index (Phi) is 4.41. The lowest BCUT2D eigenvalue weighted by molar-refractivity contribution is 0.619. The number of nitrogens with one attached hydrogen (secondary N) is 1. The molecule has 0 radical (unpaired) electrons. The third kappa shape index (κ3) is 3.00. The van der Waals surface area contributed by atoms with E-state index in [9.17, 15) is 0 Å². The van der Waals surface area contributed by atoms with E-state index in [1.54, 1.807) is 0 Å². The van der Waals surface area contributed by atoms with Gasteiger partial charge in [0, 0.05) is 12.2 Å². The molecule has 1 heterocycles. The summed E-state index contributed by atoms with van der Waals surface area (Å²) in [6.07, 6.45) is 0.947. The normalized spacial score (nSPS) is 10.3. The zero-order valence-corrected chi connectivity index (χ0v) is 12.3. The third-order valence-electron chi connectivity index (χ3n) is 3.40. The van der Waals surface area contributed by atoms with Crippen LogP contribution in [0.5, 0.6) is 0 Å². The van der Waals surface area contributed by atoms with Crippen molar-refractivity contribution in [2.24, 2.45) is 0 Å². The maximum absolute atomic E-state index is 8.96. The van der Waals surface area contributed by atoms with Crippen LogP contribution in [-0.2, 0) is 19.5 Å². The highest BCUT2D eigenvalue weighted by Crippen LogP contribution is 2.18. The molecular formula is C16H20N4. The number of benzene rings is 1. The number of aryl methyl sites for hydroxylation is 3. The molecule has 20 heavy (non-hydrogen) atoms. The summed E-state index contributed by atoms with van der Waals surface area (Å²) in [5.74, 6) is 0. The largest absolute Gasteiger partial charge is 0.379 e. The minimum absolute atomic E-state index is 0.677. The smallest absolute Gasteiger partial charge is 0.0992 e. The Morgan fingerprint density at radius 3 is 2.75 bits per heavy atom. The molecule has 0 spiro atoms. The van der Waals surface area contributed by atoms with Gasteiger partial charge in [0.1, 0.15) is 0 Å². The maximum atomic E-state index is 8.96. The average molecular weight is 268 g/mol. The number of nitriles is 1. The Bertz CT molecular complexity index is 634. The Morgan fingerprint density at radius 1 is 1.30 bits per heavy atom. The molecule has 0 aliphatic heterocycles. The number of anilines is 1. The molecule has 0 saturated heterocycles. The summed E-state index contributed by atoms with van der Waals surface area (Å²) in [5, 5.41) is 16.9. The molecule has 0 aliphatic rings. The Balaban J connectivity index is 2.16. The SMILES string of the molecule is CCc1cc(CNc2cc(C#N)ccc2C)n(CC)n1. The van der Waals surface area contributed by atoms with Crippen LogP contribution in [0.1, 0.15) is 36.4 Å². The highest BCUT2D eigenvalue weighted by atomic mass is 15.3. The van der Waals surface area contributed by atoms with E-state index in [2.05, 4.69) is 36.4 Å². The molecule has 1 N–H and O–H groups in total. The molecule has 0 aliphatic carbocycles. The summed E-state index contributed by atoms with van der Waals surface area (Å²) in [4.78, 5) is 0. The van der Waals surface area contributed by atoms with Crippen molar-refractivity contribution in [1.82, 2.24) is 9.78 Å². The van der Waals surface area contributed by atoms with Crippen molar-refractivity contribution >= 4 is 5.69 Å². The lowest BCUT2D eigenvalue weighted by Crippen LogP contribution is -2.08. The molecule has 1 aromatic heterocycles. The molecule has 2 rings (SSSR count). The van der Waals surface area contributed by atoms with Gasteiger partial charge in [-0.2, -0.15) is 10.4 Å². The molecule has 0 saturated carbocycles. The van der Waals surface area contributed by atoms with Gasteiger partial charge in [0.05, 0.1) is 29.6 Å². The fourth-order valence-electron chi connectivity index (χ4n) is 2.17. The van der Waals surface area contributed by atoms with E-state index in [0.29, 0.717) is 5.56 Å². The number of rotatable bonds is 5. The number of nitrogens with zero attached hydrogens (tertiary/aromatic N) is 3. The lowest BCUT2D eigenvalue weighted by Gasteiger charge is -2.10. The van der Waals surface area contributed by atoms with Crippen LogP contribution in [0, 0.1) is 18.3 Å². The zero-order chi connectivity index (χ0) is 14.5. The monoisotopic (exact) mass is 268 g/mol. The van der Waals surface area contributed by atoms with Gasteiger partial charge in [0.2, 0.25) is 0 Å². The maximum Gasteiger partial charge on any atom is 0.0992 e. The molecule has 2 aromatic rings. The van der Waals surface area contributed by atoms with Gasteiger partial charge >= 0.3 is 0 Å². The predicted molar refractivity (Wildman–Crippen MR) is 80.5 cm³/mol. The van der Waals surface area contributed by atoms with Crippen LogP contribution in [0.15, 0.2) is 24.3 Å². The summed E-state index contributed by atoms with van der Waals surface area (Å²) >= 11 is 0. The molecule has 4 heteroatoms. The quantitative estimate of drug-likeness (QED) is 0.905. The zero-order valence-electron chi connectivity index (χ0n) is 12.3. The van der Waals surface area contributed by atoms with Gasteiger partial charge in [-0.05, 0) is 44.0 Å². The molecule has 104 valence electrons. The minimum Gasteiger partial charge on any atom is -0.379 e. The predicted octanol–water partition coefficient (Wildman–Crippen LogP) is 3.26. The van der Waals surface area contributed by atoms with Gasteiger partial charge < -0.3 is 5.32 Å². The number of aromatic nitrogens is 2. The second-order valence-electron chi connectivity index (χ2n) is 4.79. The highest BCUT2D eigenvalue weighted by molar-refractivity contribution is 5.55. The first kappa shape index (κ1) is 14.1. The number of hydrogen-bond donors (Lipinski definition) is 1. The second-order valence-corrected chi connectivity index (χ2v) is 4.79. The standard InChI is InChI=1S/C16H20N4/c1-4-14-9-15(20(5-2)19-14)11-18-16-8-13(10-17)7-6-12(16)3/h6-9,18H,4-5,11H2,1-3H3. The van der Waals surface area contributed by atoms with Crippen molar-refractivity contribution in [2.45, 2.75) is 40.3 Å². The van der Waals surface area contributed by atoms with Crippen LogP contribution < -0.4 is 5.32 Å². The van der Waals surface area contributed by atoms with E-state index in [-0.39, 0.29) is 0 Å². The van der Waals surface area contributed by atoms with Crippen molar-refractivity contribution in [3.63, 3.8) is 0 Å². The van der Waals surface area contributed by atoms with E-state index < -0.39 is 0 Å². The van der Waals surface area contributed by atoms with E-state index in [0.717, 1.165) is 36.5 Å². The van der Waals surface area contributed by atoms with E-state index in [1.807, 2.05) is 29.8 Å². The Morgan fingerprint density at radius 2 is 2.10 bits per heavy atom. The van der Waals surface area contributed by atoms with Crippen molar-refractivity contribution in [2.75, 3.05) is 5.32 Å². The molecule has 0 atom stereocenters. The average Bonchev–Trinajstić information content (AvgIpc) is 2.89. The van der Waals surface area contributed by atoms with Crippen LogP contribution in [0.25, 0.3) is 0 Å². The second kappa shape index (κ2) is 6.25. The first-order valence-electron chi connectivity index (χ1n) is 6.98. The molecule has 1 aromatic carbocycles. The van der Waals surface area contributed by atoms with Gasteiger partial charge in [-0.15, -0.1) is 0 Å². The fraction of sp³-hybridized carbons (Fsp3) is 0.375. The topological polar surface area (TPSA) is 53.6 Å². The molecule has 0 fully saturated rings. The van der Waals surface area contributed by atoms with E-state index in [4.69, 9.17) is 5.26 Å². The van der Waals surface area contributed by atoms with Gasteiger partial charge in [-0.3, -0.25) is 4.68 Å². The summed E-state index contributed by atoms with van der Waals surface area (Å²) in [6.45, 7) is 7.83. The van der Waals surface area contributed by atoms with E-state index in [1.165, 1.54) is 5.69 Å².